The first-order valence-electron chi connectivity index (χ1n) is 12.4. The van der Waals surface area contributed by atoms with Gasteiger partial charge < -0.3 is 24.4 Å². The van der Waals surface area contributed by atoms with Crippen LogP contribution in [0.3, 0.4) is 0 Å². The molecule has 0 bridgehead atoms. The van der Waals surface area contributed by atoms with Crippen LogP contribution in [-0.4, -0.2) is 67.5 Å². The SMILES string of the molecule is CCOc1cccc(C2/C(=C(\O)c3cc(C(C)C)c(OC)cc3C)C(=O)C(=O)N2CCCN(C)C)c1. The maximum atomic E-state index is 13.4. The smallest absolute Gasteiger partial charge is 0.295 e. The van der Waals surface area contributed by atoms with Crippen LogP contribution in [0.25, 0.3) is 5.76 Å². The first kappa shape index (κ1) is 27.3. The summed E-state index contributed by atoms with van der Waals surface area (Å²) in [7, 11) is 5.55. The average Bonchev–Trinajstić information content (AvgIpc) is 3.08. The summed E-state index contributed by atoms with van der Waals surface area (Å²) < 4.78 is 11.2. The van der Waals surface area contributed by atoms with Crippen LogP contribution in [0.15, 0.2) is 42.0 Å². The third-order valence-corrected chi connectivity index (χ3v) is 6.48. The van der Waals surface area contributed by atoms with Crippen LogP contribution >= 0.6 is 0 Å². The van der Waals surface area contributed by atoms with Crippen molar-refractivity contribution < 1.29 is 24.2 Å². The first-order chi connectivity index (χ1) is 17.1. The number of aliphatic hydroxyl groups is 1. The molecule has 1 unspecified atom stereocenters. The van der Waals surface area contributed by atoms with Gasteiger partial charge in [-0.3, -0.25) is 9.59 Å². The minimum Gasteiger partial charge on any atom is -0.507 e. The van der Waals surface area contributed by atoms with Crippen molar-refractivity contribution >= 4 is 17.4 Å². The lowest BCUT2D eigenvalue weighted by molar-refractivity contribution is -0.139. The van der Waals surface area contributed by atoms with Gasteiger partial charge in [-0.05, 0) is 87.8 Å². The molecule has 0 saturated carbocycles. The number of ether oxygens (including phenoxy) is 2. The van der Waals surface area contributed by atoms with Crippen LogP contribution in [-0.2, 0) is 9.59 Å². The number of ketones is 1. The van der Waals surface area contributed by atoms with E-state index in [1.54, 1.807) is 12.0 Å². The molecule has 194 valence electrons. The third kappa shape index (κ3) is 5.57. The van der Waals surface area contributed by atoms with Crippen molar-refractivity contribution in [2.24, 2.45) is 0 Å². The fourth-order valence-corrected chi connectivity index (χ4v) is 4.68. The number of benzene rings is 2. The number of likely N-dealkylation sites (tertiary alicyclic amines) is 1. The topological polar surface area (TPSA) is 79.3 Å². The molecule has 0 aliphatic carbocycles. The Morgan fingerprint density at radius 2 is 1.89 bits per heavy atom. The van der Waals surface area contributed by atoms with Gasteiger partial charge in [-0.2, -0.15) is 0 Å². The average molecular weight is 495 g/mol. The molecule has 1 N–H and O–H groups in total. The van der Waals surface area contributed by atoms with E-state index in [9.17, 15) is 14.7 Å². The molecule has 1 saturated heterocycles. The molecule has 7 nitrogen and oxygen atoms in total. The van der Waals surface area contributed by atoms with Gasteiger partial charge in [-0.1, -0.05) is 26.0 Å². The van der Waals surface area contributed by atoms with Crippen molar-refractivity contribution in [1.82, 2.24) is 9.80 Å². The van der Waals surface area contributed by atoms with Gasteiger partial charge >= 0.3 is 0 Å². The van der Waals surface area contributed by atoms with E-state index in [2.05, 4.69) is 0 Å². The third-order valence-electron chi connectivity index (χ3n) is 6.48. The lowest BCUT2D eigenvalue weighted by Gasteiger charge is -2.26. The summed E-state index contributed by atoms with van der Waals surface area (Å²) in [5.41, 5.74) is 3.02. The summed E-state index contributed by atoms with van der Waals surface area (Å²) in [5.74, 6) is 0.0696. The minimum absolute atomic E-state index is 0.0986. The summed E-state index contributed by atoms with van der Waals surface area (Å²) in [6.45, 7) is 9.50. The Bertz CT molecular complexity index is 1150. The van der Waals surface area contributed by atoms with Gasteiger partial charge in [-0.25, -0.2) is 0 Å². The molecule has 1 fully saturated rings. The highest BCUT2D eigenvalue weighted by molar-refractivity contribution is 6.46. The zero-order valence-electron chi connectivity index (χ0n) is 22.4. The lowest BCUT2D eigenvalue weighted by Crippen LogP contribution is -2.32. The second-order valence-corrected chi connectivity index (χ2v) is 9.72. The normalized spacial score (nSPS) is 17.4. The number of aryl methyl sites for hydroxylation is 1. The van der Waals surface area contributed by atoms with E-state index in [0.717, 1.165) is 29.0 Å². The minimum atomic E-state index is -0.712. The molecular weight excluding hydrogens is 456 g/mol. The quantitative estimate of drug-likeness (QED) is 0.288. The fourth-order valence-electron chi connectivity index (χ4n) is 4.68. The second kappa shape index (κ2) is 11.6. The number of Topliss-reactive ketones (excluding diaryl/α,β-unsaturated/α-hetero) is 1. The summed E-state index contributed by atoms with van der Waals surface area (Å²) >= 11 is 0. The molecule has 0 aromatic heterocycles. The predicted octanol–water partition coefficient (Wildman–Crippen LogP) is 4.90. The molecule has 1 aliphatic heterocycles. The molecule has 1 atom stereocenters. The lowest BCUT2D eigenvalue weighted by atomic mass is 9.91. The molecule has 1 aliphatic rings. The second-order valence-electron chi connectivity index (χ2n) is 9.72. The Balaban J connectivity index is 2.20. The van der Waals surface area contributed by atoms with Crippen molar-refractivity contribution in [2.45, 2.75) is 46.1 Å². The zero-order chi connectivity index (χ0) is 26.6. The van der Waals surface area contributed by atoms with Crippen LogP contribution in [0, 0.1) is 6.92 Å². The summed E-state index contributed by atoms with van der Waals surface area (Å²) in [5, 5.41) is 11.6. The van der Waals surface area contributed by atoms with Gasteiger partial charge in [0.1, 0.15) is 17.3 Å². The Labute approximate surface area is 214 Å². The molecule has 2 aromatic rings. The highest BCUT2D eigenvalue weighted by Gasteiger charge is 2.46. The Kier molecular flexibility index (Phi) is 8.79. The van der Waals surface area contributed by atoms with Gasteiger partial charge in [0, 0.05) is 12.1 Å². The molecular formula is C29H38N2O5. The van der Waals surface area contributed by atoms with Gasteiger partial charge in [0.2, 0.25) is 0 Å². The molecule has 0 spiro atoms. The molecule has 0 radical (unpaired) electrons. The van der Waals surface area contributed by atoms with E-state index in [0.29, 0.717) is 30.9 Å². The number of carbonyl (C=O) groups excluding carboxylic acids is 2. The number of rotatable bonds is 10. The summed E-state index contributed by atoms with van der Waals surface area (Å²) in [6.07, 6.45) is 0.695. The van der Waals surface area contributed by atoms with Gasteiger partial charge in [0.25, 0.3) is 11.7 Å². The molecule has 36 heavy (non-hydrogen) atoms. The van der Waals surface area contributed by atoms with E-state index in [-0.39, 0.29) is 17.3 Å². The van der Waals surface area contributed by atoms with Crippen LogP contribution in [0.4, 0.5) is 0 Å². The molecule has 3 rings (SSSR count). The first-order valence-corrected chi connectivity index (χ1v) is 12.4. The summed E-state index contributed by atoms with van der Waals surface area (Å²) in [4.78, 5) is 30.3. The van der Waals surface area contributed by atoms with Crippen molar-refractivity contribution in [3.63, 3.8) is 0 Å². The zero-order valence-corrected chi connectivity index (χ0v) is 22.4. The van der Waals surface area contributed by atoms with Crippen LogP contribution < -0.4 is 9.47 Å². The predicted molar refractivity (Wildman–Crippen MR) is 142 cm³/mol. The van der Waals surface area contributed by atoms with Crippen LogP contribution in [0.1, 0.15) is 61.4 Å². The number of methoxy groups -OCH3 is 1. The maximum absolute atomic E-state index is 13.4. The maximum Gasteiger partial charge on any atom is 0.295 e. The highest BCUT2D eigenvalue weighted by atomic mass is 16.5. The van der Waals surface area contributed by atoms with Gasteiger partial charge in [0.15, 0.2) is 0 Å². The van der Waals surface area contributed by atoms with Crippen molar-refractivity contribution in [1.29, 1.82) is 0 Å². The van der Waals surface area contributed by atoms with Crippen molar-refractivity contribution in [3.8, 4) is 11.5 Å². The van der Waals surface area contributed by atoms with Crippen molar-refractivity contribution in [2.75, 3.05) is 40.9 Å². The number of carbonyl (C=O) groups is 2. The largest absolute Gasteiger partial charge is 0.507 e. The van der Waals surface area contributed by atoms with Gasteiger partial charge in [-0.15, -0.1) is 0 Å². The number of hydrogen-bond donors (Lipinski definition) is 1. The van der Waals surface area contributed by atoms with E-state index < -0.39 is 17.7 Å². The van der Waals surface area contributed by atoms with E-state index >= 15 is 0 Å². The van der Waals surface area contributed by atoms with Crippen molar-refractivity contribution in [3.05, 3.63) is 64.2 Å². The molecule has 7 heteroatoms. The van der Waals surface area contributed by atoms with Gasteiger partial charge in [0.05, 0.1) is 25.3 Å². The van der Waals surface area contributed by atoms with E-state index in [1.807, 2.05) is 83.1 Å². The fraction of sp³-hybridized carbons (Fsp3) is 0.448. The van der Waals surface area contributed by atoms with E-state index in [1.165, 1.54) is 0 Å². The number of nitrogens with zero attached hydrogens (tertiary/aromatic N) is 2. The monoisotopic (exact) mass is 494 g/mol. The Morgan fingerprint density at radius 1 is 1.17 bits per heavy atom. The van der Waals surface area contributed by atoms with E-state index in [4.69, 9.17) is 9.47 Å². The number of aliphatic hydroxyl groups excluding tert-OH is 1. The molecule has 1 heterocycles. The molecule has 2 aromatic carbocycles. The standard InChI is InChI=1S/C29H38N2O5/c1-8-36-21-12-9-11-20(16-21)26-25(28(33)29(34)31(26)14-10-13-30(5)6)27(32)23-17-22(18(2)3)24(35-7)15-19(23)4/h9,11-12,15-18,26,32H,8,10,13-14H2,1-7H3/b27-25+. The summed E-state index contributed by atoms with van der Waals surface area (Å²) in [6, 6.07) is 10.4. The van der Waals surface area contributed by atoms with Crippen LogP contribution in [0.5, 0.6) is 11.5 Å². The Morgan fingerprint density at radius 3 is 2.50 bits per heavy atom. The number of hydrogen-bond acceptors (Lipinski definition) is 6. The highest BCUT2D eigenvalue weighted by Crippen LogP contribution is 2.42. The number of amides is 1. The molecule has 1 amide bonds. The van der Waals surface area contributed by atoms with Crippen LogP contribution in [0.2, 0.25) is 0 Å². The Hall–Kier alpha value is -3.32.